The minimum absolute atomic E-state index is 0.127. The molecule has 108 valence electrons. The largest absolute Gasteiger partial charge is 0.493 e. The van der Waals surface area contributed by atoms with E-state index in [2.05, 4.69) is 43.0 Å². The average Bonchev–Trinajstić information content (AvgIpc) is 2.51. The second kappa shape index (κ2) is 8.41. The molecule has 0 bridgehead atoms. The molecule has 0 fully saturated rings. The number of aliphatic hydroxyl groups is 1. The van der Waals surface area contributed by atoms with Crippen molar-refractivity contribution < 1.29 is 9.84 Å². The van der Waals surface area contributed by atoms with Crippen LogP contribution < -0.4 is 4.74 Å². The number of aliphatic hydroxyl groups excluding tert-OH is 1. The van der Waals surface area contributed by atoms with Gasteiger partial charge in [-0.15, -0.1) is 11.8 Å². The summed E-state index contributed by atoms with van der Waals surface area (Å²) in [5.74, 6) is 7.22. The van der Waals surface area contributed by atoms with E-state index in [0.717, 1.165) is 17.1 Å². The van der Waals surface area contributed by atoms with Gasteiger partial charge in [0.25, 0.3) is 0 Å². The highest BCUT2D eigenvalue weighted by molar-refractivity contribution is 7.99. The first-order valence-electron chi connectivity index (χ1n) is 6.80. The van der Waals surface area contributed by atoms with Crippen molar-refractivity contribution in [1.29, 1.82) is 0 Å². The predicted octanol–water partition coefficient (Wildman–Crippen LogP) is 3.51. The smallest absolute Gasteiger partial charge is 0.120 e. The molecule has 0 aliphatic rings. The Labute approximate surface area is 130 Å². The third-order valence-electron chi connectivity index (χ3n) is 2.85. The Morgan fingerprint density at radius 1 is 1.14 bits per heavy atom. The molecule has 0 radical (unpaired) electrons. The summed E-state index contributed by atoms with van der Waals surface area (Å²) < 4.78 is 5.74. The predicted molar refractivity (Wildman–Crippen MR) is 87.8 cm³/mol. The van der Waals surface area contributed by atoms with Crippen LogP contribution in [0.3, 0.4) is 0 Å². The molecule has 2 aromatic rings. The zero-order valence-corrected chi connectivity index (χ0v) is 12.8. The fourth-order valence-corrected chi connectivity index (χ4v) is 2.69. The maximum Gasteiger partial charge on any atom is 0.120 e. The normalized spacial score (nSPS) is 9.81. The Bertz CT molecular complexity index is 641. The lowest BCUT2D eigenvalue weighted by atomic mass is 10.2. The molecule has 0 amide bonds. The number of thioether (sulfide) groups is 1. The van der Waals surface area contributed by atoms with Crippen LogP contribution in [0.25, 0.3) is 0 Å². The van der Waals surface area contributed by atoms with Crippen molar-refractivity contribution in [3.8, 4) is 17.6 Å². The lowest BCUT2D eigenvalue weighted by Crippen LogP contribution is -2.00. The maximum atomic E-state index is 8.69. The molecule has 0 aliphatic carbocycles. The van der Waals surface area contributed by atoms with Crippen molar-refractivity contribution >= 4 is 11.8 Å². The van der Waals surface area contributed by atoms with E-state index in [4.69, 9.17) is 9.84 Å². The van der Waals surface area contributed by atoms with Crippen LogP contribution in [0.15, 0.2) is 53.4 Å². The summed E-state index contributed by atoms with van der Waals surface area (Å²) >= 11 is 1.80. The highest BCUT2D eigenvalue weighted by Crippen LogP contribution is 2.22. The van der Waals surface area contributed by atoms with Gasteiger partial charge in [0.2, 0.25) is 0 Å². The van der Waals surface area contributed by atoms with Crippen LogP contribution >= 0.6 is 11.8 Å². The number of rotatable bonds is 5. The molecule has 0 spiro atoms. The van der Waals surface area contributed by atoms with Crippen LogP contribution in [0.2, 0.25) is 0 Å². The third-order valence-corrected chi connectivity index (χ3v) is 3.99. The van der Waals surface area contributed by atoms with Crippen molar-refractivity contribution in [1.82, 2.24) is 0 Å². The van der Waals surface area contributed by atoms with Crippen LogP contribution in [0.5, 0.6) is 5.75 Å². The molecule has 0 saturated carbocycles. The van der Waals surface area contributed by atoms with E-state index in [9.17, 15) is 0 Å². The van der Waals surface area contributed by atoms with Crippen molar-refractivity contribution in [3.63, 3.8) is 0 Å². The molecule has 0 saturated heterocycles. The van der Waals surface area contributed by atoms with Gasteiger partial charge in [0.05, 0.1) is 6.61 Å². The number of ether oxygens (including phenoxy) is 1. The lowest BCUT2D eigenvalue weighted by Gasteiger charge is -2.07. The Morgan fingerprint density at radius 3 is 2.81 bits per heavy atom. The van der Waals surface area contributed by atoms with Crippen molar-refractivity contribution in [2.24, 2.45) is 0 Å². The monoisotopic (exact) mass is 298 g/mol. The SMILES string of the molecule is Cc1ccccc1SCCOc1cccc(C#CCO)c1. The van der Waals surface area contributed by atoms with E-state index in [0.29, 0.717) is 6.61 Å². The molecular formula is C18H18O2S. The molecule has 2 rings (SSSR count). The average molecular weight is 298 g/mol. The van der Waals surface area contributed by atoms with Crippen molar-refractivity contribution in [2.75, 3.05) is 19.0 Å². The number of aryl methyl sites for hydroxylation is 1. The Morgan fingerprint density at radius 2 is 2.00 bits per heavy atom. The second-order valence-electron chi connectivity index (χ2n) is 4.45. The molecule has 0 aromatic heterocycles. The van der Waals surface area contributed by atoms with E-state index >= 15 is 0 Å². The summed E-state index contributed by atoms with van der Waals surface area (Å²) in [6.45, 7) is 2.64. The highest BCUT2D eigenvalue weighted by atomic mass is 32.2. The van der Waals surface area contributed by atoms with Gasteiger partial charge in [-0.1, -0.05) is 36.1 Å². The quantitative estimate of drug-likeness (QED) is 0.520. The minimum atomic E-state index is -0.127. The molecule has 2 nitrogen and oxygen atoms in total. The third kappa shape index (κ3) is 5.18. The van der Waals surface area contributed by atoms with E-state index in [1.54, 1.807) is 11.8 Å². The molecule has 21 heavy (non-hydrogen) atoms. The molecule has 3 heteroatoms. The molecular weight excluding hydrogens is 280 g/mol. The van der Waals surface area contributed by atoms with Gasteiger partial charge >= 0.3 is 0 Å². The van der Waals surface area contributed by atoms with Gasteiger partial charge in [-0.25, -0.2) is 0 Å². The Kier molecular flexibility index (Phi) is 6.21. The summed E-state index contributed by atoms with van der Waals surface area (Å²) in [5.41, 5.74) is 2.15. The molecule has 0 aliphatic heterocycles. The summed E-state index contributed by atoms with van der Waals surface area (Å²) in [4.78, 5) is 1.30. The van der Waals surface area contributed by atoms with Gasteiger partial charge in [0.15, 0.2) is 0 Å². The zero-order valence-electron chi connectivity index (χ0n) is 12.0. The summed E-state index contributed by atoms with van der Waals surface area (Å²) in [6, 6.07) is 16.0. The van der Waals surface area contributed by atoms with Gasteiger partial charge in [0, 0.05) is 16.2 Å². The van der Waals surface area contributed by atoms with Gasteiger partial charge in [-0.2, -0.15) is 0 Å². The van der Waals surface area contributed by atoms with Crippen LogP contribution in [0.4, 0.5) is 0 Å². The van der Waals surface area contributed by atoms with Crippen molar-refractivity contribution in [2.45, 2.75) is 11.8 Å². The summed E-state index contributed by atoms with van der Waals surface area (Å²) in [7, 11) is 0. The van der Waals surface area contributed by atoms with E-state index in [1.165, 1.54) is 10.5 Å². The first kappa shape index (κ1) is 15.5. The maximum absolute atomic E-state index is 8.69. The standard InChI is InChI=1S/C18H18O2S/c1-15-6-2-3-10-18(15)21-13-12-20-17-9-4-7-16(14-17)8-5-11-19/h2-4,6-7,9-10,14,19H,11-13H2,1H3. The first-order chi connectivity index (χ1) is 10.3. The van der Waals surface area contributed by atoms with Crippen molar-refractivity contribution in [3.05, 3.63) is 59.7 Å². The lowest BCUT2D eigenvalue weighted by molar-refractivity contribution is 0.344. The first-order valence-corrected chi connectivity index (χ1v) is 7.79. The molecule has 0 heterocycles. The van der Waals surface area contributed by atoms with Crippen LogP contribution in [0, 0.1) is 18.8 Å². The zero-order chi connectivity index (χ0) is 14.9. The summed E-state index contributed by atoms with van der Waals surface area (Å²) in [6.07, 6.45) is 0. The van der Waals surface area contributed by atoms with Gasteiger partial charge in [0.1, 0.15) is 12.4 Å². The topological polar surface area (TPSA) is 29.5 Å². The van der Waals surface area contributed by atoms with Gasteiger partial charge in [-0.3, -0.25) is 0 Å². The fraction of sp³-hybridized carbons (Fsp3) is 0.222. The summed E-state index contributed by atoms with van der Waals surface area (Å²) in [5, 5.41) is 8.69. The van der Waals surface area contributed by atoms with Crippen LogP contribution in [0.1, 0.15) is 11.1 Å². The Balaban J connectivity index is 1.82. The van der Waals surface area contributed by atoms with E-state index in [-0.39, 0.29) is 6.61 Å². The Hall–Kier alpha value is -1.89. The minimum Gasteiger partial charge on any atom is -0.493 e. The highest BCUT2D eigenvalue weighted by Gasteiger charge is 1.99. The number of benzene rings is 2. The molecule has 0 atom stereocenters. The van der Waals surface area contributed by atoms with E-state index in [1.807, 2.05) is 24.3 Å². The van der Waals surface area contributed by atoms with Crippen LogP contribution in [-0.2, 0) is 0 Å². The van der Waals surface area contributed by atoms with E-state index < -0.39 is 0 Å². The van der Waals surface area contributed by atoms with Gasteiger partial charge in [-0.05, 0) is 36.8 Å². The molecule has 2 aromatic carbocycles. The fourth-order valence-electron chi connectivity index (χ4n) is 1.83. The van der Waals surface area contributed by atoms with Crippen LogP contribution in [-0.4, -0.2) is 24.1 Å². The molecule has 0 unspecified atom stereocenters. The number of hydrogen-bond donors (Lipinski definition) is 1. The van der Waals surface area contributed by atoms with Gasteiger partial charge < -0.3 is 9.84 Å². The second-order valence-corrected chi connectivity index (χ2v) is 5.59. The molecule has 1 N–H and O–H groups in total. The number of hydrogen-bond acceptors (Lipinski definition) is 3.